The molecule has 0 heterocycles. The van der Waals surface area contributed by atoms with Crippen molar-refractivity contribution in [3.63, 3.8) is 0 Å². The van der Waals surface area contributed by atoms with E-state index in [1.807, 2.05) is 0 Å². The van der Waals surface area contributed by atoms with Crippen molar-refractivity contribution >= 4 is 24.1 Å². The van der Waals surface area contributed by atoms with E-state index in [9.17, 15) is 4.79 Å². The third kappa shape index (κ3) is 2.61. The average molecular weight is 203 g/mol. The minimum atomic E-state index is -0.920. The van der Waals surface area contributed by atoms with E-state index in [0.717, 1.165) is 0 Å². The van der Waals surface area contributed by atoms with Crippen LogP contribution in [-0.2, 0) is 0 Å². The summed E-state index contributed by atoms with van der Waals surface area (Å²) in [5.74, 6) is 4.23. The highest BCUT2D eigenvalue weighted by atomic mass is 35.5. The molecular weight excluding hydrogens is 192 g/mol. The molecule has 0 amide bonds. The van der Waals surface area contributed by atoms with Crippen LogP contribution in [0, 0.1) is 6.92 Å². The van der Waals surface area contributed by atoms with E-state index in [-0.39, 0.29) is 12.4 Å². The van der Waals surface area contributed by atoms with Crippen LogP contribution < -0.4 is 11.3 Å². The first-order chi connectivity index (χ1) is 5.65. The number of hydrogen-bond acceptors (Lipinski definition) is 3. The van der Waals surface area contributed by atoms with Crippen LogP contribution in [0.3, 0.4) is 0 Å². The topological polar surface area (TPSA) is 75.3 Å². The maximum Gasteiger partial charge on any atom is 0.335 e. The third-order valence-electron chi connectivity index (χ3n) is 1.62. The first kappa shape index (κ1) is 11.7. The Labute approximate surface area is 82.1 Å². The molecule has 0 saturated carbocycles. The summed E-state index contributed by atoms with van der Waals surface area (Å²) in [5, 5.41) is 8.68. The number of nitrogens with one attached hydrogen (secondary N) is 1. The predicted molar refractivity (Wildman–Crippen MR) is 53.2 cm³/mol. The van der Waals surface area contributed by atoms with E-state index in [1.165, 1.54) is 6.07 Å². The Bertz CT molecular complexity index is 315. The molecule has 5 heteroatoms. The van der Waals surface area contributed by atoms with Gasteiger partial charge in [-0.3, -0.25) is 5.84 Å². The summed E-state index contributed by atoms with van der Waals surface area (Å²) in [6.45, 7) is 1.73. The Kier molecular flexibility index (Phi) is 4.23. The number of hydrogen-bond donors (Lipinski definition) is 3. The van der Waals surface area contributed by atoms with E-state index in [0.29, 0.717) is 16.8 Å². The molecule has 0 aromatic heterocycles. The number of hydrazine groups is 1. The normalized spacial score (nSPS) is 8.77. The van der Waals surface area contributed by atoms with Crippen LogP contribution in [-0.4, -0.2) is 11.1 Å². The van der Waals surface area contributed by atoms with Gasteiger partial charge >= 0.3 is 5.97 Å². The Morgan fingerprint density at radius 2 is 2.15 bits per heavy atom. The van der Waals surface area contributed by atoms with E-state index >= 15 is 0 Å². The lowest BCUT2D eigenvalue weighted by Crippen LogP contribution is -2.08. The zero-order chi connectivity index (χ0) is 9.14. The lowest BCUT2D eigenvalue weighted by molar-refractivity contribution is 0.0696. The molecule has 0 aliphatic carbocycles. The zero-order valence-corrected chi connectivity index (χ0v) is 7.89. The summed E-state index contributed by atoms with van der Waals surface area (Å²) < 4.78 is 0. The van der Waals surface area contributed by atoms with Gasteiger partial charge in [0, 0.05) is 5.69 Å². The molecule has 1 aromatic rings. The zero-order valence-electron chi connectivity index (χ0n) is 7.07. The largest absolute Gasteiger partial charge is 0.478 e. The maximum absolute atomic E-state index is 10.6. The monoisotopic (exact) mass is 202 g/mol. The van der Waals surface area contributed by atoms with Gasteiger partial charge in [0.15, 0.2) is 0 Å². The Morgan fingerprint density at radius 3 is 2.54 bits per heavy atom. The summed E-state index contributed by atoms with van der Waals surface area (Å²) in [6.07, 6.45) is 0. The first-order valence-electron chi connectivity index (χ1n) is 3.45. The number of halogens is 1. The van der Waals surface area contributed by atoms with Crippen LogP contribution >= 0.6 is 12.4 Å². The van der Waals surface area contributed by atoms with Gasteiger partial charge in [0.2, 0.25) is 0 Å². The number of anilines is 1. The second kappa shape index (κ2) is 4.69. The molecule has 0 saturated heterocycles. The minimum Gasteiger partial charge on any atom is -0.478 e. The molecule has 1 rings (SSSR count). The fourth-order valence-corrected chi connectivity index (χ4v) is 0.993. The van der Waals surface area contributed by atoms with Crippen LogP contribution in [0.25, 0.3) is 0 Å². The van der Waals surface area contributed by atoms with Crippen LogP contribution in [0.15, 0.2) is 18.2 Å². The number of aromatic carboxylic acids is 1. The number of aryl methyl sites for hydroxylation is 1. The number of carboxylic acid groups (broad SMARTS) is 1. The molecule has 0 aliphatic rings. The fraction of sp³-hybridized carbons (Fsp3) is 0.125. The maximum atomic E-state index is 10.6. The smallest absolute Gasteiger partial charge is 0.335 e. The van der Waals surface area contributed by atoms with Crippen LogP contribution in [0.5, 0.6) is 0 Å². The molecule has 0 aliphatic heterocycles. The van der Waals surface area contributed by atoms with Crippen molar-refractivity contribution in [3.05, 3.63) is 29.3 Å². The van der Waals surface area contributed by atoms with Gasteiger partial charge in [-0.2, -0.15) is 0 Å². The van der Waals surface area contributed by atoms with Gasteiger partial charge < -0.3 is 10.5 Å². The molecule has 72 valence electrons. The lowest BCUT2D eigenvalue weighted by atomic mass is 10.1. The minimum absolute atomic E-state index is 0. The number of rotatable bonds is 2. The molecule has 1 aromatic carbocycles. The molecule has 0 radical (unpaired) electrons. The van der Waals surface area contributed by atoms with Gasteiger partial charge in [-0.15, -0.1) is 12.4 Å². The lowest BCUT2D eigenvalue weighted by Gasteiger charge is -2.03. The molecule has 0 bridgehead atoms. The quantitative estimate of drug-likeness (QED) is 0.501. The molecule has 4 nitrogen and oxygen atoms in total. The highest BCUT2D eigenvalue weighted by molar-refractivity contribution is 5.89. The van der Waals surface area contributed by atoms with E-state index in [1.54, 1.807) is 19.1 Å². The summed E-state index contributed by atoms with van der Waals surface area (Å²) in [5.41, 5.74) is 4.14. The predicted octanol–water partition coefficient (Wildman–Crippen LogP) is 1.40. The molecule has 0 spiro atoms. The van der Waals surface area contributed by atoms with Gasteiger partial charge in [-0.05, 0) is 30.7 Å². The number of carboxylic acids is 1. The van der Waals surface area contributed by atoms with E-state index in [2.05, 4.69) is 5.43 Å². The van der Waals surface area contributed by atoms with Crippen LogP contribution in [0.1, 0.15) is 15.9 Å². The highest BCUT2D eigenvalue weighted by Crippen LogP contribution is 2.13. The summed E-state index contributed by atoms with van der Waals surface area (Å²) >= 11 is 0. The number of benzene rings is 1. The highest BCUT2D eigenvalue weighted by Gasteiger charge is 2.05. The third-order valence-corrected chi connectivity index (χ3v) is 1.62. The standard InChI is InChI=1S/C8H10N2O2.ClH/c1-5-4-6(10-9)2-3-7(5)8(11)12;/h2-4,10H,9H2,1H3,(H,11,12);1H. The van der Waals surface area contributed by atoms with Crippen molar-refractivity contribution in [2.75, 3.05) is 5.43 Å². The second-order valence-electron chi connectivity index (χ2n) is 2.48. The second-order valence-corrected chi connectivity index (χ2v) is 2.48. The van der Waals surface area contributed by atoms with Crippen molar-refractivity contribution < 1.29 is 9.90 Å². The number of nitrogens with two attached hydrogens (primary N) is 1. The van der Waals surface area contributed by atoms with E-state index < -0.39 is 5.97 Å². The van der Waals surface area contributed by atoms with Gasteiger partial charge in [-0.25, -0.2) is 4.79 Å². The van der Waals surface area contributed by atoms with Crippen molar-refractivity contribution in [1.29, 1.82) is 0 Å². The van der Waals surface area contributed by atoms with Gasteiger partial charge in [-0.1, -0.05) is 0 Å². The molecule has 0 atom stereocenters. The van der Waals surface area contributed by atoms with E-state index in [4.69, 9.17) is 10.9 Å². The summed E-state index contributed by atoms with van der Waals surface area (Å²) in [7, 11) is 0. The van der Waals surface area contributed by atoms with Crippen molar-refractivity contribution in [3.8, 4) is 0 Å². The Balaban J connectivity index is 0.00000144. The van der Waals surface area contributed by atoms with Gasteiger partial charge in [0.25, 0.3) is 0 Å². The molecule has 13 heavy (non-hydrogen) atoms. The van der Waals surface area contributed by atoms with Crippen molar-refractivity contribution in [2.45, 2.75) is 6.92 Å². The van der Waals surface area contributed by atoms with Crippen molar-refractivity contribution in [1.82, 2.24) is 0 Å². The number of nitrogen functional groups attached to an aromatic ring is 1. The Morgan fingerprint density at radius 1 is 1.54 bits per heavy atom. The molecule has 0 fully saturated rings. The van der Waals surface area contributed by atoms with Crippen molar-refractivity contribution in [2.24, 2.45) is 5.84 Å². The van der Waals surface area contributed by atoms with Gasteiger partial charge in [0.05, 0.1) is 5.56 Å². The first-order valence-corrected chi connectivity index (χ1v) is 3.45. The van der Waals surface area contributed by atoms with Crippen LogP contribution in [0.4, 0.5) is 5.69 Å². The summed E-state index contributed by atoms with van der Waals surface area (Å²) in [4.78, 5) is 10.6. The summed E-state index contributed by atoms with van der Waals surface area (Å²) in [6, 6.07) is 4.83. The average Bonchev–Trinajstić information content (AvgIpc) is 2.03. The van der Waals surface area contributed by atoms with Gasteiger partial charge in [0.1, 0.15) is 0 Å². The number of carbonyl (C=O) groups is 1. The molecule has 4 N–H and O–H groups in total. The SMILES string of the molecule is Cc1cc(NN)ccc1C(=O)O.Cl. The molecule has 0 unspecified atom stereocenters. The fourth-order valence-electron chi connectivity index (χ4n) is 0.993. The Hall–Kier alpha value is -1.26. The van der Waals surface area contributed by atoms with Crippen LogP contribution in [0.2, 0.25) is 0 Å². The molecular formula is C8H11ClN2O2.